The third kappa shape index (κ3) is 4.71. The fourth-order valence-corrected chi connectivity index (χ4v) is 4.51. The summed E-state index contributed by atoms with van der Waals surface area (Å²) in [7, 11) is 0. The minimum atomic E-state index is -0.191. The van der Waals surface area contributed by atoms with Gasteiger partial charge in [-0.25, -0.2) is 0 Å². The van der Waals surface area contributed by atoms with Crippen molar-refractivity contribution in [1.82, 2.24) is 9.88 Å². The van der Waals surface area contributed by atoms with E-state index in [-0.39, 0.29) is 30.2 Å². The summed E-state index contributed by atoms with van der Waals surface area (Å²) >= 11 is 0. The fourth-order valence-electron chi connectivity index (χ4n) is 4.51. The van der Waals surface area contributed by atoms with Crippen molar-refractivity contribution in [3.63, 3.8) is 0 Å². The van der Waals surface area contributed by atoms with Crippen molar-refractivity contribution < 1.29 is 14.3 Å². The molecular weight excluding hydrogens is 452 g/mol. The Morgan fingerprint density at radius 1 is 0.944 bits per heavy atom. The van der Waals surface area contributed by atoms with Crippen molar-refractivity contribution in [2.75, 3.05) is 6.79 Å². The number of H-pyrrole nitrogens is 1. The van der Waals surface area contributed by atoms with E-state index in [2.05, 4.69) is 25.8 Å². The maximum absolute atomic E-state index is 13.7. The lowest BCUT2D eigenvalue weighted by atomic mass is 9.86. The van der Waals surface area contributed by atoms with Crippen LogP contribution >= 0.6 is 0 Å². The lowest BCUT2D eigenvalue weighted by molar-refractivity contribution is 0.0729. The first-order valence-corrected chi connectivity index (χ1v) is 12.1. The van der Waals surface area contributed by atoms with E-state index in [0.29, 0.717) is 29.2 Å². The second-order valence-corrected chi connectivity index (χ2v) is 10.3. The quantitative estimate of drug-likeness (QED) is 0.396. The molecule has 36 heavy (non-hydrogen) atoms. The summed E-state index contributed by atoms with van der Waals surface area (Å²) in [6, 6.07) is 21.2. The van der Waals surface area contributed by atoms with Gasteiger partial charge < -0.3 is 19.4 Å². The number of benzene rings is 3. The van der Waals surface area contributed by atoms with E-state index in [0.717, 1.165) is 27.6 Å². The number of hydrogen-bond donors (Lipinski definition) is 1. The molecule has 184 valence electrons. The van der Waals surface area contributed by atoms with Crippen LogP contribution in [0.5, 0.6) is 11.5 Å². The highest BCUT2D eigenvalue weighted by molar-refractivity contribution is 5.94. The summed E-state index contributed by atoms with van der Waals surface area (Å²) in [6.07, 6.45) is 0. The number of nitrogens with one attached hydrogen (secondary N) is 1. The average molecular weight is 483 g/mol. The summed E-state index contributed by atoms with van der Waals surface area (Å²) in [6.45, 7) is 9.08. The van der Waals surface area contributed by atoms with Gasteiger partial charge in [-0.3, -0.25) is 9.59 Å². The van der Waals surface area contributed by atoms with Crippen molar-refractivity contribution in [2.24, 2.45) is 0 Å². The number of ether oxygens (including phenoxy) is 2. The van der Waals surface area contributed by atoms with Gasteiger partial charge in [0.05, 0.1) is 12.1 Å². The number of aromatic amines is 1. The first-order valence-electron chi connectivity index (χ1n) is 12.1. The van der Waals surface area contributed by atoms with Gasteiger partial charge in [0.15, 0.2) is 11.5 Å². The Balaban J connectivity index is 1.50. The Bertz CT molecular complexity index is 1500. The Kier molecular flexibility index (Phi) is 6.04. The molecule has 0 saturated heterocycles. The molecule has 0 fully saturated rings. The molecule has 0 unspecified atom stereocenters. The topological polar surface area (TPSA) is 71.6 Å². The maximum Gasteiger partial charge on any atom is 0.254 e. The molecule has 4 aromatic rings. The lowest BCUT2D eigenvalue weighted by Gasteiger charge is -2.24. The summed E-state index contributed by atoms with van der Waals surface area (Å²) in [4.78, 5) is 31.5. The zero-order chi connectivity index (χ0) is 25.4. The molecule has 0 radical (unpaired) electrons. The standard InChI is InChI=1S/C30H30N2O4/c1-19-6-5-7-22-15-23(28(33)31-27(19)22)17-32(16-20-8-13-25-26(14-20)36-18-35-25)29(34)21-9-11-24(12-10-21)30(2,3)4/h5-15H,16-18H2,1-4H3,(H,31,33). The highest BCUT2D eigenvalue weighted by Gasteiger charge is 2.22. The van der Waals surface area contributed by atoms with E-state index < -0.39 is 0 Å². The van der Waals surface area contributed by atoms with E-state index in [9.17, 15) is 9.59 Å². The normalized spacial score (nSPS) is 12.7. The predicted molar refractivity (Wildman–Crippen MR) is 141 cm³/mol. The number of pyridine rings is 1. The van der Waals surface area contributed by atoms with Crippen molar-refractivity contribution in [3.05, 3.63) is 105 Å². The van der Waals surface area contributed by atoms with Crippen LogP contribution in [0.1, 0.15) is 53.4 Å². The van der Waals surface area contributed by atoms with Crippen LogP contribution in [0.4, 0.5) is 0 Å². The number of amides is 1. The zero-order valence-corrected chi connectivity index (χ0v) is 21.1. The van der Waals surface area contributed by atoms with Gasteiger partial charge in [-0.05, 0) is 64.7 Å². The van der Waals surface area contributed by atoms with Crippen molar-refractivity contribution in [3.8, 4) is 11.5 Å². The van der Waals surface area contributed by atoms with E-state index in [1.165, 1.54) is 0 Å². The molecule has 6 heteroatoms. The summed E-state index contributed by atoms with van der Waals surface area (Å²) in [5.74, 6) is 1.21. The van der Waals surface area contributed by atoms with Crippen LogP contribution in [0.2, 0.25) is 0 Å². The molecule has 1 aromatic heterocycles. The molecule has 6 nitrogen and oxygen atoms in total. The van der Waals surface area contributed by atoms with Gasteiger partial charge in [0.25, 0.3) is 11.5 Å². The van der Waals surface area contributed by atoms with Crippen molar-refractivity contribution in [1.29, 1.82) is 0 Å². The van der Waals surface area contributed by atoms with Crippen molar-refractivity contribution in [2.45, 2.75) is 46.2 Å². The number of carbonyl (C=O) groups is 1. The molecule has 1 N–H and O–H groups in total. The van der Waals surface area contributed by atoms with Crippen LogP contribution in [0, 0.1) is 6.92 Å². The Morgan fingerprint density at radius 3 is 2.44 bits per heavy atom. The third-order valence-corrected chi connectivity index (χ3v) is 6.62. The predicted octanol–water partition coefficient (Wildman–Crippen LogP) is 5.71. The Labute approximate surface area is 210 Å². The molecule has 0 spiro atoms. The van der Waals surface area contributed by atoms with Gasteiger partial charge in [0, 0.05) is 17.7 Å². The minimum Gasteiger partial charge on any atom is -0.454 e. The van der Waals surface area contributed by atoms with Crippen LogP contribution in [-0.4, -0.2) is 22.6 Å². The molecule has 5 rings (SSSR count). The zero-order valence-electron chi connectivity index (χ0n) is 21.1. The molecule has 1 amide bonds. The second kappa shape index (κ2) is 9.19. The first-order chi connectivity index (χ1) is 17.2. The van der Waals surface area contributed by atoms with Crippen LogP contribution in [0.3, 0.4) is 0 Å². The summed E-state index contributed by atoms with van der Waals surface area (Å²) < 4.78 is 11.0. The number of nitrogens with zero attached hydrogens (tertiary/aromatic N) is 1. The van der Waals surface area contributed by atoms with Gasteiger partial charge >= 0.3 is 0 Å². The Morgan fingerprint density at radius 2 is 1.69 bits per heavy atom. The van der Waals surface area contributed by atoms with E-state index in [4.69, 9.17) is 9.47 Å². The van der Waals surface area contributed by atoms with E-state index >= 15 is 0 Å². The second-order valence-electron chi connectivity index (χ2n) is 10.3. The molecule has 2 heterocycles. The monoisotopic (exact) mass is 482 g/mol. The number of fused-ring (bicyclic) bond motifs is 2. The molecule has 0 aliphatic carbocycles. The number of para-hydroxylation sites is 1. The van der Waals surface area contributed by atoms with E-state index in [1.54, 1.807) is 4.90 Å². The largest absolute Gasteiger partial charge is 0.454 e. The van der Waals surface area contributed by atoms with Crippen molar-refractivity contribution >= 4 is 16.8 Å². The van der Waals surface area contributed by atoms with Gasteiger partial charge in [0.1, 0.15) is 0 Å². The van der Waals surface area contributed by atoms with E-state index in [1.807, 2.05) is 73.7 Å². The number of rotatable bonds is 5. The highest BCUT2D eigenvalue weighted by atomic mass is 16.7. The molecule has 1 aliphatic heterocycles. The van der Waals surface area contributed by atoms with Crippen LogP contribution in [-0.2, 0) is 18.5 Å². The number of hydrogen-bond acceptors (Lipinski definition) is 4. The molecule has 0 bridgehead atoms. The van der Waals surface area contributed by atoms with Gasteiger partial charge in [-0.1, -0.05) is 57.2 Å². The lowest BCUT2D eigenvalue weighted by Crippen LogP contribution is -2.32. The number of aryl methyl sites for hydroxylation is 1. The fraction of sp³-hybridized carbons (Fsp3) is 0.267. The van der Waals surface area contributed by atoms with Crippen LogP contribution in [0.15, 0.2) is 71.5 Å². The van der Waals surface area contributed by atoms with Gasteiger partial charge in [-0.2, -0.15) is 0 Å². The molecule has 3 aromatic carbocycles. The molecule has 0 saturated carbocycles. The third-order valence-electron chi connectivity index (χ3n) is 6.62. The SMILES string of the molecule is Cc1cccc2cc(CN(Cc3ccc4c(c3)OCO4)C(=O)c3ccc(C(C)(C)C)cc3)c(=O)[nH]c12. The number of carbonyl (C=O) groups excluding carboxylic acids is 1. The van der Waals surface area contributed by atoms with Gasteiger partial charge in [-0.15, -0.1) is 0 Å². The van der Waals surface area contributed by atoms with Gasteiger partial charge in [0.2, 0.25) is 6.79 Å². The maximum atomic E-state index is 13.7. The average Bonchev–Trinajstić information content (AvgIpc) is 3.32. The highest BCUT2D eigenvalue weighted by Crippen LogP contribution is 2.33. The smallest absolute Gasteiger partial charge is 0.254 e. The minimum absolute atomic E-state index is 0.00965. The first kappa shape index (κ1) is 23.7. The number of aromatic nitrogens is 1. The van der Waals surface area contributed by atoms with Crippen LogP contribution in [0.25, 0.3) is 10.9 Å². The summed E-state index contributed by atoms with van der Waals surface area (Å²) in [5.41, 5.74) is 4.79. The summed E-state index contributed by atoms with van der Waals surface area (Å²) in [5, 5.41) is 0.939. The van der Waals surface area contributed by atoms with Crippen LogP contribution < -0.4 is 15.0 Å². The molecule has 0 atom stereocenters. The molecule has 1 aliphatic rings. The molecular formula is C30H30N2O4. The Hall–Kier alpha value is -4.06.